The Balaban J connectivity index is 2.35. The number of rotatable bonds is 4. The van der Waals surface area contributed by atoms with Crippen molar-refractivity contribution < 1.29 is 14.7 Å². The molecule has 0 amide bonds. The fourth-order valence-corrected chi connectivity index (χ4v) is 1.72. The number of hydrogen-bond acceptors (Lipinski definition) is 3. The summed E-state index contributed by atoms with van der Waals surface area (Å²) in [6, 6.07) is -1.02. The highest BCUT2D eigenvalue weighted by Crippen LogP contribution is 2.26. The minimum absolute atomic E-state index is 0.0139. The van der Waals surface area contributed by atoms with Crippen LogP contribution in [0.25, 0.3) is 0 Å². The van der Waals surface area contributed by atoms with E-state index in [1.807, 2.05) is 0 Å². The Bertz CT molecular complexity index is 209. The fraction of sp³-hybridized carbons (Fsp3) is 0.778. The molecule has 0 spiro atoms. The number of nitrogens with two attached hydrogens (primary N) is 1. The van der Waals surface area contributed by atoms with Crippen molar-refractivity contribution in [2.75, 3.05) is 0 Å². The summed E-state index contributed by atoms with van der Waals surface area (Å²) in [5.41, 5.74) is 5.26. The summed E-state index contributed by atoms with van der Waals surface area (Å²) in [5, 5.41) is 8.50. The maximum Gasteiger partial charge on any atom is 0.320 e. The van der Waals surface area contributed by atoms with Crippen LogP contribution < -0.4 is 5.73 Å². The van der Waals surface area contributed by atoms with Gasteiger partial charge in [-0.25, -0.2) is 0 Å². The number of carboxylic acid groups (broad SMARTS) is 1. The lowest BCUT2D eigenvalue weighted by Gasteiger charge is -2.09. The van der Waals surface area contributed by atoms with Crippen LogP contribution in [0.5, 0.6) is 0 Å². The van der Waals surface area contributed by atoms with Gasteiger partial charge in [-0.1, -0.05) is 12.8 Å². The molecule has 1 atom stereocenters. The number of carboxylic acids is 1. The van der Waals surface area contributed by atoms with Gasteiger partial charge in [0.2, 0.25) is 0 Å². The van der Waals surface area contributed by atoms with Crippen LogP contribution in [0.15, 0.2) is 0 Å². The van der Waals surface area contributed by atoms with Crippen molar-refractivity contribution in [3.8, 4) is 0 Å². The third-order valence-corrected chi connectivity index (χ3v) is 2.55. The standard InChI is InChI=1S/C9H15NO3/c10-7(9(12)13)5-8(11)6-3-1-2-4-6/h6-7H,1-5,10H2,(H,12,13)/t7-/m0/s1. The molecule has 4 nitrogen and oxygen atoms in total. The van der Waals surface area contributed by atoms with Gasteiger partial charge >= 0.3 is 5.97 Å². The molecule has 0 aromatic rings. The van der Waals surface area contributed by atoms with Gasteiger partial charge in [-0.2, -0.15) is 0 Å². The summed E-state index contributed by atoms with van der Waals surface area (Å²) in [6.07, 6.45) is 3.97. The van der Waals surface area contributed by atoms with Crippen molar-refractivity contribution in [2.24, 2.45) is 11.7 Å². The number of carbonyl (C=O) groups is 2. The highest BCUT2D eigenvalue weighted by atomic mass is 16.4. The quantitative estimate of drug-likeness (QED) is 0.670. The molecule has 1 aliphatic rings. The molecule has 74 valence electrons. The maximum atomic E-state index is 11.4. The largest absolute Gasteiger partial charge is 0.480 e. The zero-order valence-electron chi connectivity index (χ0n) is 7.53. The SMILES string of the molecule is N[C@@H](CC(=O)C1CCCC1)C(=O)O. The minimum atomic E-state index is -1.09. The first-order valence-corrected chi connectivity index (χ1v) is 4.62. The second kappa shape index (κ2) is 4.37. The highest BCUT2D eigenvalue weighted by molar-refractivity contribution is 5.87. The Morgan fingerprint density at radius 2 is 1.92 bits per heavy atom. The average Bonchev–Trinajstić information content (AvgIpc) is 2.55. The van der Waals surface area contributed by atoms with E-state index >= 15 is 0 Å². The Morgan fingerprint density at radius 1 is 1.38 bits per heavy atom. The number of hydrogen-bond donors (Lipinski definition) is 2. The number of carbonyl (C=O) groups excluding carboxylic acids is 1. The van der Waals surface area contributed by atoms with Crippen molar-refractivity contribution in [3.05, 3.63) is 0 Å². The molecule has 0 bridgehead atoms. The fourth-order valence-electron chi connectivity index (χ4n) is 1.72. The second-order valence-corrected chi connectivity index (χ2v) is 3.60. The van der Waals surface area contributed by atoms with E-state index in [4.69, 9.17) is 10.8 Å². The second-order valence-electron chi connectivity index (χ2n) is 3.60. The van der Waals surface area contributed by atoms with Crippen LogP contribution in [0.1, 0.15) is 32.1 Å². The van der Waals surface area contributed by atoms with Gasteiger partial charge in [0.1, 0.15) is 11.8 Å². The lowest BCUT2D eigenvalue weighted by molar-refractivity contribution is -0.140. The summed E-state index contributed by atoms with van der Waals surface area (Å²) in [5.74, 6) is -0.996. The van der Waals surface area contributed by atoms with Gasteiger partial charge in [0.25, 0.3) is 0 Å². The predicted octanol–water partition coefficient (Wildman–Crippen LogP) is 0.548. The number of Topliss-reactive ketones (excluding diaryl/α,β-unsaturated/α-hetero) is 1. The van der Waals surface area contributed by atoms with E-state index < -0.39 is 12.0 Å². The summed E-state index contributed by atoms with van der Waals surface area (Å²) < 4.78 is 0. The van der Waals surface area contributed by atoms with Crippen LogP contribution >= 0.6 is 0 Å². The molecule has 3 N–H and O–H groups in total. The summed E-state index contributed by atoms with van der Waals surface area (Å²) in [6.45, 7) is 0. The molecular formula is C9H15NO3. The maximum absolute atomic E-state index is 11.4. The van der Waals surface area contributed by atoms with Gasteiger partial charge in [0, 0.05) is 12.3 Å². The molecule has 0 aromatic carbocycles. The molecule has 0 saturated heterocycles. The van der Waals surface area contributed by atoms with Gasteiger partial charge in [-0.15, -0.1) is 0 Å². The molecule has 13 heavy (non-hydrogen) atoms. The van der Waals surface area contributed by atoms with Crippen molar-refractivity contribution >= 4 is 11.8 Å². The molecular weight excluding hydrogens is 170 g/mol. The average molecular weight is 185 g/mol. The molecule has 1 aliphatic carbocycles. The van der Waals surface area contributed by atoms with Crippen LogP contribution in [-0.4, -0.2) is 22.9 Å². The lowest BCUT2D eigenvalue weighted by Crippen LogP contribution is -2.34. The molecule has 0 heterocycles. The van der Waals surface area contributed by atoms with E-state index in [1.54, 1.807) is 0 Å². The van der Waals surface area contributed by atoms with Crippen LogP contribution in [0.3, 0.4) is 0 Å². The molecule has 0 radical (unpaired) electrons. The van der Waals surface area contributed by atoms with Crippen molar-refractivity contribution in [1.29, 1.82) is 0 Å². The van der Waals surface area contributed by atoms with Crippen molar-refractivity contribution in [2.45, 2.75) is 38.1 Å². The predicted molar refractivity (Wildman–Crippen MR) is 47.2 cm³/mol. The number of aliphatic carboxylic acids is 1. The van der Waals surface area contributed by atoms with Crippen LogP contribution in [-0.2, 0) is 9.59 Å². The van der Waals surface area contributed by atoms with E-state index in [0.29, 0.717) is 0 Å². The van der Waals surface area contributed by atoms with E-state index in [-0.39, 0.29) is 18.1 Å². The van der Waals surface area contributed by atoms with Gasteiger partial charge < -0.3 is 10.8 Å². The third-order valence-electron chi connectivity index (χ3n) is 2.55. The zero-order chi connectivity index (χ0) is 9.84. The van der Waals surface area contributed by atoms with Gasteiger partial charge in [-0.05, 0) is 12.8 Å². The van der Waals surface area contributed by atoms with Crippen molar-refractivity contribution in [3.63, 3.8) is 0 Å². The first-order valence-electron chi connectivity index (χ1n) is 4.62. The Kier molecular flexibility index (Phi) is 3.42. The van der Waals surface area contributed by atoms with E-state index in [9.17, 15) is 9.59 Å². The van der Waals surface area contributed by atoms with Crippen LogP contribution in [0.2, 0.25) is 0 Å². The Labute approximate surface area is 77.1 Å². The monoisotopic (exact) mass is 185 g/mol. The topological polar surface area (TPSA) is 80.4 Å². The van der Waals surface area contributed by atoms with E-state index in [2.05, 4.69) is 0 Å². The molecule has 1 fully saturated rings. The van der Waals surface area contributed by atoms with Crippen LogP contribution in [0, 0.1) is 5.92 Å². The van der Waals surface area contributed by atoms with E-state index in [1.165, 1.54) is 0 Å². The molecule has 4 heteroatoms. The third kappa shape index (κ3) is 2.81. The normalized spacial score (nSPS) is 20.1. The summed E-state index contributed by atoms with van der Waals surface area (Å²) in [4.78, 5) is 21.8. The molecule has 0 unspecified atom stereocenters. The summed E-state index contributed by atoms with van der Waals surface area (Å²) >= 11 is 0. The molecule has 0 aromatic heterocycles. The smallest absolute Gasteiger partial charge is 0.320 e. The highest BCUT2D eigenvalue weighted by Gasteiger charge is 2.25. The van der Waals surface area contributed by atoms with Gasteiger partial charge in [0.15, 0.2) is 0 Å². The Hall–Kier alpha value is -0.900. The number of ketones is 1. The van der Waals surface area contributed by atoms with E-state index in [0.717, 1.165) is 25.7 Å². The van der Waals surface area contributed by atoms with Crippen molar-refractivity contribution in [1.82, 2.24) is 0 Å². The summed E-state index contributed by atoms with van der Waals surface area (Å²) in [7, 11) is 0. The van der Waals surface area contributed by atoms with Gasteiger partial charge in [0.05, 0.1) is 0 Å². The minimum Gasteiger partial charge on any atom is -0.480 e. The first kappa shape index (κ1) is 10.2. The van der Waals surface area contributed by atoms with Crippen LogP contribution in [0.4, 0.5) is 0 Å². The lowest BCUT2D eigenvalue weighted by atomic mass is 9.97. The molecule has 0 aliphatic heterocycles. The zero-order valence-corrected chi connectivity index (χ0v) is 7.53. The molecule has 1 saturated carbocycles. The van der Waals surface area contributed by atoms with Gasteiger partial charge in [-0.3, -0.25) is 9.59 Å². The first-order chi connectivity index (χ1) is 6.11. The molecule has 1 rings (SSSR count). The Morgan fingerprint density at radius 3 is 2.38 bits per heavy atom.